The molecule has 12 nitrogen and oxygen atoms in total. The van der Waals surface area contributed by atoms with Crippen molar-refractivity contribution in [1.82, 2.24) is 19.9 Å². The molecule has 8 bridgehead atoms. The molecule has 3 aromatic heterocycles. The van der Waals surface area contributed by atoms with Gasteiger partial charge in [0.15, 0.2) is 0 Å². The molecule has 2 aliphatic heterocycles. The highest BCUT2D eigenvalue weighted by atomic mass is 79.9. The molecule has 0 amide bonds. The fraction of sp³-hybridized carbons (Fsp3) is 0.227. The molecule has 2 aromatic carbocycles. The average molecular weight is 913 g/mol. The van der Waals surface area contributed by atoms with E-state index in [-0.39, 0.29) is 12.8 Å². The normalized spacial score (nSPS) is 13.0. The van der Waals surface area contributed by atoms with Gasteiger partial charge in [0.2, 0.25) is 0 Å². The number of carbonyl (C=O) groups is 2. The van der Waals surface area contributed by atoms with E-state index in [1.807, 2.05) is 97.1 Å². The lowest BCUT2D eigenvalue weighted by molar-refractivity contribution is -0.141. The molecule has 2 unspecified atom stereocenters. The van der Waals surface area contributed by atoms with Crippen LogP contribution in [0.25, 0.3) is 68.6 Å². The van der Waals surface area contributed by atoms with E-state index in [9.17, 15) is 9.59 Å². The second-order valence-corrected chi connectivity index (χ2v) is 15.2. The Morgan fingerprint density at radius 1 is 0.569 bits per heavy atom. The monoisotopic (exact) mass is 910 g/mol. The van der Waals surface area contributed by atoms with Gasteiger partial charge in [-0.1, -0.05) is 24.3 Å². The van der Waals surface area contributed by atoms with Gasteiger partial charge in [0.25, 0.3) is 0 Å². The number of nitrogens with zero attached hydrogens (tertiary/aromatic N) is 2. The highest BCUT2D eigenvalue weighted by Crippen LogP contribution is 2.37. The molecular formula is C44H40Br2N4O8. The number of aromatic nitrogens is 4. The number of rotatable bonds is 16. The largest absolute Gasteiger partial charge is 0.493 e. The third-order valence-electron chi connectivity index (χ3n) is 9.80. The van der Waals surface area contributed by atoms with Crippen molar-refractivity contribution in [3.63, 3.8) is 0 Å². The molecule has 298 valence electrons. The first kappa shape index (κ1) is 40.6. The van der Waals surface area contributed by atoms with Gasteiger partial charge in [-0.15, -0.1) is 0 Å². The molecule has 0 aliphatic carbocycles. The summed E-state index contributed by atoms with van der Waals surface area (Å²) in [4.78, 5) is 39.6. The van der Waals surface area contributed by atoms with E-state index in [1.54, 1.807) is 0 Å². The molecule has 0 saturated heterocycles. The van der Waals surface area contributed by atoms with Crippen molar-refractivity contribution in [2.24, 2.45) is 0 Å². The Bertz CT molecular complexity index is 2370. The van der Waals surface area contributed by atoms with Crippen LogP contribution in [-0.4, -0.2) is 81.7 Å². The van der Waals surface area contributed by atoms with Crippen molar-refractivity contribution in [2.75, 3.05) is 27.4 Å². The van der Waals surface area contributed by atoms with E-state index < -0.39 is 24.1 Å². The minimum atomic E-state index is -0.911. The number of benzene rings is 2. The standard InChI is InChI=1S/C44H40Br2N4O8/c1-55-29(23-39(51)52)19-21-57-27-7-3-25(4-8-27)41-31-11-15-35(47-31)43(45)37-17-13-33(49-37)42(34-14-18-38(50-34)44(46)36-16-12-32(41)48-36)26-5-9-28(10-6-26)58-22-20-30(56-2)24-40(53)54/h3-18,29-30,47,50H,19-24H2,1-2H3,(H,51,52)(H,53,54). The zero-order valence-corrected chi connectivity index (χ0v) is 34.8. The highest BCUT2D eigenvalue weighted by molar-refractivity contribution is 9.11. The number of fused-ring (bicyclic) bond motifs is 8. The number of aromatic amines is 2. The summed E-state index contributed by atoms with van der Waals surface area (Å²) < 4.78 is 24.0. The van der Waals surface area contributed by atoms with Gasteiger partial charge in [-0.25, -0.2) is 9.97 Å². The lowest BCUT2D eigenvalue weighted by atomic mass is 10.0. The van der Waals surface area contributed by atoms with Gasteiger partial charge in [-0.2, -0.15) is 0 Å². The van der Waals surface area contributed by atoms with Crippen LogP contribution in [0.2, 0.25) is 0 Å². The number of nitrogens with one attached hydrogen (secondary N) is 2. The van der Waals surface area contributed by atoms with Crippen LogP contribution in [0.4, 0.5) is 0 Å². The molecule has 2 atom stereocenters. The second kappa shape index (κ2) is 18.4. The Balaban J connectivity index is 1.26. The predicted molar refractivity (Wildman–Crippen MR) is 231 cm³/mol. The number of carboxylic acids is 2. The van der Waals surface area contributed by atoms with Gasteiger partial charge < -0.3 is 39.1 Å². The molecule has 0 radical (unpaired) electrons. The Morgan fingerprint density at radius 3 is 1.29 bits per heavy atom. The number of ether oxygens (including phenoxy) is 4. The van der Waals surface area contributed by atoms with Crippen molar-refractivity contribution in [2.45, 2.75) is 37.9 Å². The summed E-state index contributed by atoms with van der Waals surface area (Å²) in [6.07, 6.45) is 7.84. The maximum Gasteiger partial charge on any atom is 0.305 e. The van der Waals surface area contributed by atoms with Crippen molar-refractivity contribution in [3.05, 3.63) is 105 Å². The predicted octanol–water partition coefficient (Wildman–Crippen LogP) is 10.0. The summed E-state index contributed by atoms with van der Waals surface area (Å²) in [6, 6.07) is 23.6. The first-order chi connectivity index (χ1) is 28.1. The SMILES string of the molecule is COC(CCOc1ccc(-c2c3nc(c(Br)c4ccc([nH]4)c(-c4ccc(OCCC(CC(=O)O)OC)cc4)c4nc(c(Br)c5ccc2[nH]5)C=C4)C=C3)cc1)CC(=O)O. The number of aliphatic carboxylic acids is 2. The van der Waals surface area contributed by atoms with Crippen LogP contribution in [-0.2, 0) is 19.1 Å². The topological polar surface area (TPSA) is 169 Å². The van der Waals surface area contributed by atoms with E-state index in [0.717, 1.165) is 76.0 Å². The molecule has 0 saturated carbocycles. The lowest BCUT2D eigenvalue weighted by Gasteiger charge is -2.14. The van der Waals surface area contributed by atoms with Crippen LogP contribution in [0.5, 0.6) is 11.5 Å². The van der Waals surface area contributed by atoms with Gasteiger partial charge in [0.05, 0.1) is 81.0 Å². The maximum absolute atomic E-state index is 11.1. The highest BCUT2D eigenvalue weighted by Gasteiger charge is 2.18. The number of H-pyrrole nitrogens is 2. The van der Waals surface area contributed by atoms with Crippen LogP contribution in [0.15, 0.2) is 81.7 Å². The van der Waals surface area contributed by atoms with Crippen LogP contribution >= 0.6 is 31.9 Å². The van der Waals surface area contributed by atoms with Crippen LogP contribution < -0.4 is 9.47 Å². The van der Waals surface area contributed by atoms with Crippen molar-refractivity contribution < 1.29 is 38.7 Å². The van der Waals surface area contributed by atoms with Gasteiger partial charge in [0, 0.05) is 49.2 Å². The first-order valence-corrected chi connectivity index (χ1v) is 20.1. The Morgan fingerprint density at radius 2 is 0.931 bits per heavy atom. The third kappa shape index (κ3) is 9.42. The van der Waals surface area contributed by atoms with Gasteiger partial charge in [0.1, 0.15) is 11.5 Å². The van der Waals surface area contributed by atoms with E-state index in [2.05, 4.69) is 41.8 Å². The van der Waals surface area contributed by atoms with Gasteiger partial charge in [-0.3, -0.25) is 9.59 Å². The fourth-order valence-corrected chi connectivity index (χ4v) is 7.70. The molecule has 58 heavy (non-hydrogen) atoms. The quantitative estimate of drug-likeness (QED) is 0.0732. The Hall–Kier alpha value is -5.54. The van der Waals surface area contributed by atoms with Crippen LogP contribution in [0.1, 0.15) is 48.5 Å². The lowest BCUT2D eigenvalue weighted by Crippen LogP contribution is -2.18. The summed E-state index contributed by atoms with van der Waals surface area (Å²) in [7, 11) is 3.01. The van der Waals surface area contributed by atoms with E-state index in [0.29, 0.717) is 37.6 Å². The summed E-state index contributed by atoms with van der Waals surface area (Å²) >= 11 is 7.67. The molecule has 0 spiro atoms. The third-order valence-corrected chi connectivity index (χ3v) is 11.5. The number of hydrogen-bond donors (Lipinski definition) is 4. The molecule has 0 fully saturated rings. The summed E-state index contributed by atoms with van der Waals surface area (Å²) in [5, 5.41) is 18.2. The minimum absolute atomic E-state index is 0.0816. The Kier molecular flexibility index (Phi) is 12.9. The smallest absolute Gasteiger partial charge is 0.305 e. The van der Waals surface area contributed by atoms with Gasteiger partial charge >= 0.3 is 11.9 Å². The Labute approximate surface area is 350 Å². The summed E-state index contributed by atoms with van der Waals surface area (Å²) in [5.74, 6) is -0.506. The average Bonchev–Trinajstić information content (AvgIpc) is 4.06. The second-order valence-electron chi connectivity index (χ2n) is 13.6. The van der Waals surface area contributed by atoms with Crippen molar-refractivity contribution >= 4 is 90.2 Å². The van der Waals surface area contributed by atoms with Crippen LogP contribution in [0, 0.1) is 0 Å². The maximum atomic E-state index is 11.1. The molecular weight excluding hydrogens is 872 g/mol. The van der Waals surface area contributed by atoms with E-state index >= 15 is 0 Å². The van der Waals surface area contributed by atoms with Crippen molar-refractivity contribution in [3.8, 4) is 33.8 Å². The molecule has 14 heteroatoms. The van der Waals surface area contributed by atoms with E-state index in [1.165, 1.54) is 14.2 Å². The van der Waals surface area contributed by atoms with E-state index in [4.69, 9.17) is 39.1 Å². The number of carboxylic acid groups (broad SMARTS) is 2. The minimum Gasteiger partial charge on any atom is -0.493 e. The molecule has 5 aromatic rings. The summed E-state index contributed by atoms with van der Waals surface area (Å²) in [5.41, 5.74) is 10.0. The molecule has 7 rings (SSSR count). The molecule has 5 heterocycles. The summed E-state index contributed by atoms with van der Waals surface area (Å²) in [6.45, 7) is 0.632. The number of methoxy groups -OCH3 is 2. The first-order valence-electron chi connectivity index (χ1n) is 18.5. The molecule has 4 N–H and O–H groups in total. The zero-order chi connectivity index (χ0) is 40.8. The van der Waals surface area contributed by atoms with Crippen molar-refractivity contribution in [1.29, 1.82) is 0 Å². The fourth-order valence-electron chi connectivity index (χ4n) is 6.79. The zero-order valence-electron chi connectivity index (χ0n) is 31.6. The number of hydrogen-bond acceptors (Lipinski definition) is 8. The van der Waals surface area contributed by atoms with Gasteiger partial charge in [-0.05, 0) is 116 Å². The number of halogens is 2. The van der Waals surface area contributed by atoms with Crippen LogP contribution in [0.3, 0.4) is 0 Å². The molecule has 2 aliphatic rings.